The Morgan fingerprint density at radius 1 is 0.895 bits per heavy atom. The van der Waals surface area contributed by atoms with Gasteiger partial charge in [-0.2, -0.15) is 0 Å². The highest BCUT2D eigenvalue weighted by molar-refractivity contribution is 5.37. The summed E-state index contributed by atoms with van der Waals surface area (Å²) in [5.41, 5.74) is 6.62. The number of halogens is 4. The fourth-order valence-electron chi connectivity index (χ4n) is 1.94. The van der Waals surface area contributed by atoms with Crippen LogP contribution in [0, 0.1) is 30.2 Å². The van der Waals surface area contributed by atoms with Crippen molar-refractivity contribution < 1.29 is 17.6 Å². The summed E-state index contributed by atoms with van der Waals surface area (Å²) < 4.78 is 52.6. The molecule has 0 amide bonds. The van der Waals surface area contributed by atoms with Gasteiger partial charge in [-0.1, -0.05) is 12.1 Å². The molecule has 0 aliphatic carbocycles. The molecule has 0 bridgehead atoms. The Balaban J connectivity index is 2.50. The van der Waals surface area contributed by atoms with E-state index in [0.29, 0.717) is 11.1 Å². The quantitative estimate of drug-likeness (QED) is 0.654. The summed E-state index contributed by atoms with van der Waals surface area (Å²) in [6.07, 6.45) is 0. The molecule has 0 heterocycles. The van der Waals surface area contributed by atoms with Crippen molar-refractivity contribution in [1.29, 1.82) is 0 Å². The molecule has 0 saturated carbocycles. The molecule has 2 aromatic rings. The molecule has 19 heavy (non-hydrogen) atoms. The van der Waals surface area contributed by atoms with E-state index in [4.69, 9.17) is 5.73 Å². The molecule has 2 rings (SSSR count). The Labute approximate surface area is 107 Å². The van der Waals surface area contributed by atoms with Gasteiger partial charge in [0.1, 0.15) is 5.82 Å². The normalized spacial score (nSPS) is 12.5. The first-order valence-electron chi connectivity index (χ1n) is 5.57. The van der Waals surface area contributed by atoms with Gasteiger partial charge in [-0.15, -0.1) is 0 Å². The average molecular weight is 269 g/mol. The molecule has 0 spiro atoms. The van der Waals surface area contributed by atoms with Gasteiger partial charge in [0.15, 0.2) is 17.5 Å². The standard InChI is InChI=1S/C14H11F4N/c1-7-6-8(15)2-3-9(7)14(19)10-4-5-11(16)13(18)12(10)17/h2-6,14H,19H2,1H3. The van der Waals surface area contributed by atoms with Crippen molar-refractivity contribution in [3.63, 3.8) is 0 Å². The van der Waals surface area contributed by atoms with Gasteiger partial charge in [-0.3, -0.25) is 0 Å². The van der Waals surface area contributed by atoms with Gasteiger partial charge >= 0.3 is 0 Å². The van der Waals surface area contributed by atoms with Crippen LogP contribution in [0.1, 0.15) is 22.7 Å². The molecule has 1 unspecified atom stereocenters. The van der Waals surface area contributed by atoms with Crippen molar-refractivity contribution >= 4 is 0 Å². The maximum absolute atomic E-state index is 13.6. The van der Waals surface area contributed by atoms with Crippen LogP contribution in [0.15, 0.2) is 30.3 Å². The fraction of sp³-hybridized carbons (Fsp3) is 0.143. The summed E-state index contributed by atoms with van der Waals surface area (Å²) in [5, 5.41) is 0. The van der Waals surface area contributed by atoms with E-state index >= 15 is 0 Å². The highest BCUT2D eigenvalue weighted by Crippen LogP contribution is 2.27. The second kappa shape index (κ2) is 5.01. The fourth-order valence-corrected chi connectivity index (χ4v) is 1.94. The van der Waals surface area contributed by atoms with E-state index in [1.54, 1.807) is 6.92 Å². The first kappa shape index (κ1) is 13.5. The lowest BCUT2D eigenvalue weighted by Gasteiger charge is -2.16. The lowest BCUT2D eigenvalue weighted by atomic mass is 9.95. The zero-order valence-corrected chi connectivity index (χ0v) is 10.1. The average Bonchev–Trinajstić information content (AvgIpc) is 2.35. The molecule has 1 nitrogen and oxygen atoms in total. The van der Waals surface area contributed by atoms with Crippen LogP contribution < -0.4 is 5.73 Å². The monoisotopic (exact) mass is 269 g/mol. The van der Waals surface area contributed by atoms with Gasteiger partial charge < -0.3 is 5.73 Å². The molecule has 2 N–H and O–H groups in total. The van der Waals surface area contributed by atoms with Crippen molar-refractivity contribution in [3.8, 4) is 0 Å². The molecule has 0 aliphatic rings. The van der Waals surface area contributed by atoms with Gasteiger partial charge in [-0.05, 0) is 36.2 Å². The summed E-state index contributed by atoms with van der Waals surface area (Å²) in [6.45, 7) is 1.61. The maximum atomic E-state index is 13.6. The van der Waals surface area contributed by atoms with Crippen LogP contribution in [0.2, 0.25) is 0 Å². The minimum absolute atomic E-state index is 0.173. The molecular weight excluding hydrogens is 258 g/mol. The number of hydrogen-bond acceptors (Lipinski definition) is 1. The first-order valence-corrected chi connectivity index (χ1v) is 5.57. The van der Waals surface area contributed by atoms with Crippen LogP contribution in [0.4, 0.5) is 17.6 Å². The minimum atomic E-state index is -1.56. The van der Waals surface area contributed by atoms with E-state index in [-0.39, 0.29) is 5.56 Å². The lowest BCUT2D eigenvalue weighted by molar-refractivity contribution is 0.438. The van der Waals surface area contributed by atoms with Gasteiger partial charge in [0.05, 0.1) is 6.04 Å². The number of nitrogens with two attached hydrogens (primary N) is 1. The second-order valence-corrected chi connectivity index (χ2v) is 4.24. The van der Waals surface area contributed by atoms with E-state index in [1.807, 2.05) is 0 Å². The van der Waals surface area contributed by atoms with Crippen molar-refractivity contribution in [2.45, 2.75) is 13.0 Å². The van der Waals surface area contributed by atoms with E-state index < -0.39 is 29.3 Å². The summed E-state index contributed by atoms with van der Waals surface area (Å²) in [6, 6.07) is 4.73. The number of benzene rings is 2. The molecule has 0 fully saturated rings. The molecule has 100 valence electrons. The maximum Gasteiger partial charge on any atom is 0.194 e. The molecule has 2 aromatic carbocycles. The largest absolute Gasteiger partial charge is 0.320 e. The van der Waals surface area contributed by atoms with Crippen molar-refractivity contribution in [2.24, 2.45) is 5.73 Å². The third-order valence-corrected chi connectivity index (χ3v) is 2.97. The summed E-state index contributed by atoms with van der Waals surface area (Å²) in [5.74, 6) is -4.60. The van der Waals surface area contributed by atoms with Gasteiger partial charge in [0.2, 0.25) is 0 Å². The van der Waals surface area contributed by atoms with Crippen molar-refractivity contribution in [3.05, 3.63) is 70.3 Å². The minimum Gasteiger partial charge on any atom is -0.320 e. The summed E-state index contributed by atoms with van der Waals surface area (Å²) in [7, 11) is 0. The Kier molecular flexibility index (Phi) is 3.57. The smallest absolute Gasteiger partial charge is 0.194 e. The van der Waals surface area contributed by atoms with Crippen LogP contribution in [0.5, 0.6) is 0 Å². The second-order valence-electron chi connectivity index (χ2n) is 4.24. The molecule has 5 heteroatoms. The zero-order chi connectivity index (χ0) is 14.2. The molecule has 0 aliphatic heterocycles. The molecule has 0 aromatic heterocycles. The van der Waals surface area contributed by atoms with E-state index in [0.717, 1.165) is 12.1 Å². The van der Waals surface area contributed by atoms with Crippen LogP contribution in [0.3, 0.4) is 0 Å². The topological polar surface area (TPSA) is 26.0 Å². The van der Waals surface area contributed by atoms with Gasteiger partial charge in [0, 0.05) is 5.56 Å². The number of hydrogen-bond donors (Lipinski definition) is 1. The van der Waals surface area contributed by atoms with Gasteiger partial charge in [-0.25, -0.2) is 17.6 Å². The van der Waals surface area contributed by atoms with Gasteiger partial charge in [0.25, 0.3) is 0 Å². The number of rotatable bonds is 2. The van der Waals surface area contributed by atoms with Crippen LogP contribution in [-0.4, -0.2) is 0 Å². The predicted molar refractivity (Wildman–Crippen MR) is 63.5 cm³/mol. The third-order valence-electron chi connectivity index (χ3n) is 2.97. The Bertz CT molecular complexity index is 625. The molecular formula is C14H11F4N. The Morgan fingerprint density at radius 3 is 2.16 bits per heavy atom. The predicted octanol–water partition coefficient (Wildman–Crippen LogP) is 3.60. The summed E-state index contributed by atoms with van der Waals surface area (Å²) >= 11 is 0. The SMILES string of the molecule is Cc1cc(F)ccc1C(N)c1ccc(F)c(F)c1F. The van der Waals surface area contributed by atoms with E-state index in [2.05, 4.69) is 0 Å². The van der Waals surface area contributed by atoms with E-state index in [9.17, 15) is 17.6 Å². The molecule has 0 radical (unpaired) electrons. The molecule has 0 saturated heterocycles. The van der Waals surface area contributed by atoms with Crippen LogP contribution >= 0.6 is 0 Å². The van der Waals surface area contributed by atoms with Crippen molar-refractivity contribution in [2.75, 3.05) is 0 Å². The highest BCUT2D eigenvalue weighted by atomic mass is 19.2. The zero-order valence-electron chi connectivity index (χ0n) is 10.1. The molecule has 1 atom stereocenters. The number of aryl methyl sites for hydroxylation is 1. The Morgan fingerprint density at radius 2 is 1.53 bits per heavy atom. The van der Waals surface area contributed by atoms with Crippen molar-refractivity contribution in [1.82, 2.24) is 0 Å². The Hall–Kier alpha value is -1.88. The van der Waals surface area contributed by atoms with Crippen LogP contribution in [0.25, 0.3) is 0 Å². The third kappa shape index (κ3) is 2.46. The van der Waals surface area contributed by atoms with E-state index in [1.165, 1.54) is 18.2 Å². The summed E-state index contributed by atoms with van der Waals surface area (Å²) in [4.78, 5) is 0. The first-order chi connectivity index (χ1) is 8.91. The highest BCUT2D eigenvalue weighted by Gasteiger charge is 2.20. The lowest BCUT2D eigenvalue weighted by Crippen LogP contribution is -2.16. The van der Waals surface area contributed by atoms with Crippen LogP contribution in [-0.2, 0) is 0 Å².